The van der Waals surface area contributed by atoms with Crippen molar-refractivity contribution in [1.82, 2.24) is 10.2 Å². The highest BCUT2D eigenvalue weighted by molar-refractivity contribution is 8.05. The van der Waals surface area contributed by atoms with E-state index in [1.165, 1.54) is 11.1 Å². The fraction of sp³-hybridized carbons (Fsp3) is 0.318. The number of thioether (sulfide) groups is 1. The smallest absolute Gasteiger partial charge is 0.259 e. The number of amides is 1. The fourth-order valence-electron chi connectivity index (χ4n) is 3.71. The van der Waals surface area contributed by atoms with Crippen LogP contribution >= 0.6 is 11.8 Å². The second kappa shape index (κ2) is 8.39. The van der Waals surface area contributed by atoms with Crippen LogP contribution in [0.15, 0.2) is 41.3 Å². The fourth-order valence-corrected chi connectivity index (χ4v) is 4.81. The Morgan fingerprint density at radius 1 is 1.07 bits per heavy atom. The van der Waals surface area contributed by atoms with Gasteiger partial charge in [0.1, 0.15) is 5.50 Å². The third kappa shape index (κ3) is 3.93. The molecule has 2 aromatic rings. The van der Waals surface area contributed by atoms with Crippen LogP contribution in [0.4, 0.5) is 0 Å². The molecule has 0 saturated carbocycles. The van der Waals surface area contributed by atoms with Gasteiger partial charge in [0.25, 0.3) is 5.91 Å². The van der Waals surface area contributed by atoms with Gasteiger partial charge in [0.05, 0.1) is 26.2 Å². The van der Waals surface area contributed by atoms with Crippen molar-refractivity contribution in [2.75, 3.05) is 27.9 Å². The lowest BCUT2D eigenvalue weighted by Crippen LogP contribution is -2.44. The van der Waals surface area contributed by atoms with Gasteiger partial charge in [0.15, 0.2) is 11.5 Å². The largest absolute Gasteiger partial charge is 0.493 e. The van der Waals surface area contributed by atoms with Gasteiger partial charge in [-0.1, -0.05) is 36.0 Å². The Labute approximate surface area is 174 Å². The third-order valence-electron chi connectivity index (χ3n) is 5.19. The summed E-state index contributed by atoms with van der Waals surface area (Å²) in [5.74, 6) is 1.59. The molecule has 0 bridgehead atoms. The number of nitrogens with one attached hydrogen (secondary N) is 1. The van der Waals surface area contributed by atoms with Crippen LogP contribution in [0, 0.1) is 0 Å². The van der Waals surface area contributed by atoms with Crippen molar-refractivity contribution in [3.05, 3.63) is 58.0 Å². The van der Waals surface area contributed by atoms with E-state index in [2.05, 4.69) is 34.5 Å². The molecule has 152 valence electrons. The second-order valence-electron chi connectivity index (χ2n) is 6.90. The molecule has 4 rings (SSSR count). The van der Waals surface area contributed by atoms with Crippen molar-refractivity contribution >= 4 is 23.7 Å². The molecule has 1 amide bonds. The van der Waals surface area contributed by atoms with Crippen LogP contribution in [-0.4, -0.2) is 44.2 Å². The molecule has 1 saturated heterocycles. The Balaban J connectivity index is 1.55. The summed E-state index contributed by atoms with van der Waals surface area (Å²) in [4.78, 5) is 15.6. The van der Waals surface area contributed by atoms with E-state index in [1.807, 2.05) is 18.2 Å². The van der Waals surface area contributed by atoms with Crippen LogP contribution in [0.5, 0.6) is 17.2 Å². The minimum atomic E-state index is -0.0656. The van der Waals surface area contributed by atoms with Gasteiger partial charge in [-0.15, -0.1) is 0 Å². The van der Waals surface area contributed by atoms with Crippen molar-refractivity contribution in [3.63, 3.8) is 0 Å². The van der Waals surface area contributed by atoms with Gasteiger partial charge >= 0.3 is 0 Å². The molecular weight excluding hydrogens is 388 g/mol. The van der Waals surface area contributed by atoms with Crippen molar-refractivity contribution in [1.29, 1.82) is 0 Å². The van der Waals surface area contributed by atoms with Gasteiger partial charge in [-0.05, 0) is 41.3 Å². The summed E-state index contributed by atoms with van der Waals surface area (Å²) in [6, 6.07) is 12.2. The zero-order valence-corrected chi connectivity index (χ0v) is 17.5. The highest BCUT2D eigenvalue weighted by Gasteiger charge is 2.33. The molecule has 0 radical (unpaired) electrons. The second-order valence-corrected chi connectivity index (χ2v) is 8.02. The van der Waals surface area contributed by atoms with Crippen molar-refractivity contribution in [2.45, 2.75) is 18.5 Å². The number of carbonyl (C=O) groups is 1. The van der Waals surface area contributed by atoms with E-state index in [1.54, 1.807) is 33.1 Å². The first kappa shape index (κ1) is 19.7. The van der Waals surface area contributed by atoms with Crippen molar-refractivity contribution in [3.8, 4) is 17.2 Å². The zero-order chi connectivity index (χ0) is 20.4. The summed E-state index contributed by atoms with van der Waals surface area (Å²) in [7, 11) is 4.73. The molecule has 0 spiro atoms. The molecule has 6 nitrogen and oxygen atoms in total. The standard InChI is InChI=1S/C22H24N2O4S/c1-26-17-10-14(11-18(27-2)20(17)28-3)12-19-21(25)23-22(29-19)24-9-8-15-6-4-5-7-16(15)13-24/h4-7,10-12,22H,8-9,13H2,1-3H3,(H,23,25)/b19-12-/t22-/m0/s1. The number of ether oxygens (including phenoxy) is 3. The Morgan fingerprint density at radius 3 is 2.41 bits per heavy atom. The van der Waals surface area contributed by atoms with E-state index in [-0.39, 0.29) is 11.4 Å². The molecule has 2 heterocycles. The third-order valence-corrected chi connectivity index (χ3v) is 6.39. The predicted octanol–water partition coefficient (Wildman–Crippen LogP) is 3.26. The first-order valence-electron chi connectivity index (χ1n) is 9.43. The minimum absolute atomic E-state index is 0.0624. The van der Waals surface area contributed by atoms with E-state index < -0.39 is 0 Å². The van der Waals surface area contributed by atoms with Gasteiger partial charge in [-0.25, -0.2) is 0 Å². The highest BCUT2D eigenvalue weighted by Crippen LogP contribution is 2.40. The molecule has 1 fully saturated rings. The van der Waals surface area contributed by atoms with Crippen molar-refractivity contribution < 1.29 is 19.0 Å². The van der Waals surface area contributed by atoms with Gasteiger partial charge in [-0.3, -0.25) is 9.69 Å². The number of carbonyl (C=O) groups excluding carboxylic acids is 1. The number of hydrogen-bond acceptors (Lipinski definition) is 6. The van der Waals surface area contributed by atoms with Gasteiger partial charge in [0.2, 0.25) is 5.75 Å². The van der Waals surface area contributed by atoms with E-state index in [9.17, 15) is 4.79 Å². The summed E-state index contributed by atoms with van der Waals surface area (Å²) >= 11 is 1.55. The van der Waals surface area contributed by atoms with Gasteiger partial charge in [0, 0.05) is 13.1 Å². The zero-order valence-electron chi connectivity index (χ0n) is 16.7. The molecule has 0 aliphatic carbocycles. The van der Waals surface area contributed by atoms with E-state index >= 15 is 0 Å². The first-order chi connectivity index (χ1) is 14.1. The van der Waals surface area contributed by atoms with Crippen LogP contribution in [0.25, 0.3) is 6.08 Å². The Hall–Kier alpha value is -2.64. The molecule has 0 unspecified atom stereocenters. The molecule has 2 aliphatic rings. The van der Waals surface area contributed by atoms with Crippen LogP contribution in [0.3, 0.4) is 0 Å². The van der Waals surface area contributed by atoms with E-state index in [0.717, 1.165) is 25.1 Å². The van der Waals surface area contributed by atoms with Crippen LogP contribution < -0.4 is 19.5 Å². The van der Waals surface area contributed by atoms with Crippen LogP contribution in [0.1, 0.15) is 16.7 Å². The molecule has 29 heavy (non-hydrogen) atoms. The molecule has 7 heteroatoms. The molecular formula is C22H24N2O4S. The molecule has 2 aromatic carbocycles. The van der Waals surface area contributed by atoms with E-state index in [0.29, 0.717) is 22.2 Å². The number of nitrogens with zero attached hydrogens (tertiary/aromatic N) is 1. The number of methoxy groups -OCH3 is 3. The Kier molecular flexibility index (Phi) is 5.69. The molecule has 2 aliphatic heterocycles. The maximum absolute atomic E-state index is 12.6. The first-order valence-corrected chi connectivity index (χ1v) is 10.3. The highest BCUT2D eigenvalue weighted by atomic mass is 32.2. The van der Waals surface area contributed by atoms with Gasteiger partial charge < -0.3 is 19.5 Å². The number of rotatable bonds is 5. The lowest BCUT2D eigenvalue weighted by atomic mass is 10.0. The number of benzene rings is 2. The average Bonchev–Trinajstić information content (AvgIpc) is 3.12. The number of fused-ring (bicyclic) bond motifs is 1. The molecule has 0 aromatic heterocycles. The molecule has 1 atom stereocenters. The summed E-state index contributed by atoms with van der Waals surface area (Å²) in [5, 5.41) is 3.10. The minimum Gasteiger partial charge on any atom is -0.493 e. The van der Waals surface area contributed by atoms with Gasteiger partial charge in [-0.2, -0.15) is 0 Å². The lowest BCUT2D eigenvalue weighted by molar-refractivity contribution is -0.117. The predicted molar refractivity (Wildman–Crippen MR) is 114 cm³/mol. The Bertz CT molecular complexity index is 935. The Morgan fingerprint density at radius 2 is 1.76 bits per heavy atom. The maximum Gasteiger partial charge on any atom is 0.259 e. The summed E-state index contributed by atoms with van der Waals surface area (Å²) < 4.78 is 16.2. The normalized spacial score (nSPS) is 20.3. The van der Waals surface area contributed by atoms with Crippen LogP contribution in [-0.2, 0) is 17.8 Å². The lowest BCUT2D eigenvalue weighted by Gasteiger charge is -2.32. The number of hydrogen-bond donors (Lipinski definition) is 1. The summed E-state index contributed by atoms with van der Waals surface area (Å²) in [5.41, 5.74) is 3.48. The monoisotopic (exact) mass is 412 g/mol. The van der Waals surface area contributed by atoms with E-state index in [4.69, 9.17) is 14.2 Å². The summed E-state index contributed by atoms with van der Waals surface area (Å²) in [6.45, 7) is 1.76. The quantitative estimate of drug-likeness (QED) is 0.761. The topological polar surface area (TPSA) is 60.0 Å². The SMILES string of the molecule is COc1cc(/C=C2\S[C@H](N3CCc4ccccc4C3)NC2=O)cc(OC)c1OC. The van der Waals surface area contributed by atoms with Crippen molar-refractivity contribution in [2.24, 2.45) is 0 Å². The van der Waals surface area contributed by atoms with Crippen LogP contribution in [0.2, 0.25) is 0 Å². The maximum atomic E-state index is 12.6. The summed E-state index contributed by atoms with van der Waals surface area (Å²) in [6.07, 6.45) is 2.86. The molecule has 1 N–H and O–H groups in total. The average molecular weight is 413 g/mol.